The third kappa shape index (κ3) is 5.77. The minimum atomic E-state index is -0.293. The van der Waals surface area contributed by atoms with Crippen molar-refractivity contribution in [1.82, 2.24) is 19.8 Å². The van der Waals surface area contributed by atoms with Crippen molar-refractivity contribution in [1.29, 1.82) is 0 Å². The molecule has 0 radical (unpaired) electrons. The molecular weight excluding hydrogens is 475 g/mol. The molecule has 6 rings (SSSR count). The van der Waals surface area contributed by atoms with Gasteiger partial charge in [0, 0.05) is 19.6 Å². The third-order valence-electron chi connectivity index (χ3n) is 7.23. The Morgan fingerprint density at radius 3 is 2.39 bits per heavy atom. The highest BCUT2D eigenvalue weighted by atomic mass is 32.1. The third-order valence-corrected chi connectivity index (χ3v) is 7.85. The zero-order chi connectivity index (χ0) is 24.9. The van der Waals surface area contributed by atoms with Gasteiger partial charge in [0.1, 0.15) is 5.82 Å². The van der Waals surface area contributed by atoms with E-state index in [9.17, 15) is 14.0 Å². The van der Waals surface area contributed by atoms with Crippen LogP contribution in [0.25, 0.3) is 11.0 Å². The monoisotopic (exact) mass is 506 g/mol. The zero-order valence-corrected chi connectivity index (χ0v) is 21.0. The number of para-hydroxylation sites is 1. The fourth-order valence-corrected chi connectivity index (χ4v) is 5.80. The summed E-state index contributed by atoms with van der Waals surface area (Å²) in [6, 6.07) is 16.3. The highest BCUT2D eigenvalue weighted by Crippen LogP contribution is 2.30. The molecular formula is C28H31FN4O2S. The molecule has 188 valence electrons. The number of fused-ring (bicyclic) bond motifs is 1. The minimum Gasteiger partial charge on any atom is -0.338 e. The number of nitrogens with zero attached hydrogens (tertiary/aromatic N) is 2. The summed E-state index contributed by atoms with van der Waals surface area (Å²) in [5.41, 5.74) is 2.74. The molecule has 2 aromatic carbocycles. The van der Waals surface area contributed by atoms with E-state index in [2.05, 4.69) is 14.9 Å². The summed E-state index contributed by atoms with van der Waals surface area (Å²) in [6.07, 6.45) is 3.18. The van der Waals surface area contributed by atoms with Gasteiger partial charge in [0.25, 0.3) is 5.91 Å². The van der Waals surface area contributed by atoms with Gasteiger partial charge in [-0.3, -0.25) is 4.79 Å². The quantitative estimate of drug-likeness (QED) is 0.405. The summed E-state index contributed by atoms with van der Waals surface area (Å²) >= 11 is 1.71. The lowest BCUT2D eigenvalue weighted by molar-refractivity contribution is 0.0783. The van der Waals surface area contributed by atoms with Crippen LogP contribution in [-0.2, 0) is 0 Å². The highest BCUT2D eigenvalue weighted by Gasteiger charge is 2.30. The number of rotatable bonds is 4. The predicted molar refractivity (Wildman–Crippen MR) is 142 cm³/mol. The number of benzene rings is 2. The second-order valence-electron chi connectivity index (χ2n) is 9.63. The first-order valence-electron chi connectivity index (χ1n) is 12.5. The van der Waals surface area contributed by atoms with E-state index >= 15 is 0 Å². The first kappa shape index (κ1) is 24.5. The maximum Gasteiger partial charge on any atom is 0.323 e. The topological polar surface area (TPSA) is 72.2 Å². The van der Waals surface area contributed by atoms with E-state index in [0.717, 1.165) is 52.0 Å². The van der Waals surface area contributed by atoms with Gasteiger partial charge < -0.3 is 19.8 Å². The zero-order valence-electron chi connectivity index (χ0n) is 20.2. The number of hydrogen-bond donors (Lipinski definition) is 2. The van der Waals surface area contributed by atoms with Crippen LogP contribution in [-0.4, -0.2) is 58.4 Å². The van der Waals surface area contributed by atoms with Crippen molar-refractivity contribution in [3.63, 3.8) is 0 Å². The second-order valence-corrected chi connectivity index (χ2v) is 10.4. The van der Waals surface area contributed by atoms with Gasteiger partial charge in [-0.2, -0.15) is 11.3 Å². The number of thiophene rings is 1. The van der Waals surface area contributed by atoms with Crippen molar-refractivity contribution >= 4 is 28.3 Å². The average molecular weight is 507 g/mol. The molecule has 0 aliphatic carbocycles. The normalized spacial score (nSPS) is 18.8. The fraction of sp³-hybridized carbons (Fsp3) is 0.357. The van der Waals surface area contributed by atoms with Gasteiger partial charge in [-0.25, -0.2) is 9.18 Å². The number of likely N-dealkylation sites (tertiary alicyclic amines) is 2. The molecule has 0 spiro atoms. The number of nitrogens with one attached hydrogen (secondary N) is 2. The van der Waals surface area contributed by atoms with E-state index < -0.39 is 0 Å². The number of imidazole rings is 1. The van der Waals surface area contributed by atoms with Gasteiger partial charge in [-0.15, -0.1) is 0 Å². The molecule has 1 atom stereocenters. The van der Waals surface area contributed by atoms with Crippen LogP contribution in [0.3, 0.4) is 0 Å². The summed E-state index contributed by atoms with van der Waals surface area (Å²) in [6.45, 7) is 4.58. The summed E-state index contributed by atoms with van der Waals surface area (Å²) in [5, 5.41) is 4.08. The standard InChI is InChI=1S/C24H27FN4O2.C4H4S/c25-19-6-4-17(5-7-19)18-9-11-28(12-10-18)14-16-8-13-29(15-16)23(30)20-2-1-3-21-22(20)27-24(31)26-21;1-2-4-5-3-1/h1-7,16,18H,8-15H2,(H2,26,27,31);1-4H/t16-;/m1./s1. The predicted octanol–water partition coefficient (Wildman–Crippen LogP) is 5.09. The molecule has 0 bridgehead atoms. The van der Waals surface area contributed by atoms with Crippen molar-refractivity contribution in [2.45, 2.75) is 25.2 Å². The molecule has 2 aromatic heterocycles. The Morgan fingerprint density at radius 1 is 0.944 bits per heavy atom. The number of H-pyrrole nitrogens is 2. The van der Waals surface area contributed by atoms with Gasteiger partial charge in [-0.05, 0) is 84.8 Å². The first-order chi connectivity index (χ1) is 17.6. The van der Waals surface area contributed by atoms with Crippen LogP contribution in [0.2, 0.25) is 0 Å². The number of hydrogen-bond acceptors (Lipinski definition) is 4. The number of amides is 1. The van der Waals surface area contributed by atoms with Crippen LogP contribution in [0, 0.1) is 11.7 Å². The molecule has 2 aliphatic heterocycles. The van der Waals surface area contributed by atoms with Gasteiger partial charge in [0.05, 0.1) is 16.6 Å². The van der Waals surface area contributed by atoms with E-state index in [1.807, 2.05) is 39.9 Å². The molecule has 36 heavy (non-hydrogen) atoms. The SMILES string of the molecule is O=C(c1cccc2[nH]c(=O)[nH]c12)N1CC[C@H](CN2CCC(c3ccc(F)cc3)CC2)C1.c1ccsc1. The number of carbonyl (C=O) groups excluding carboxylic acids is 1. The molecule has 2 N–H and O–H groups in total. The summed E-state index contributed by atoms with van der Waals surface area (Å²) in [7, 11) is 0. The maximum absolute atomic E-state index is 13.2. The number of carbonyl (C=O) groups is 1. The van der Waals surface area contributed by atoms with Crippen molar-refractivity contribution in [3.05, 3.63) is 92.8 Å². The minimum absolute atomic E-state index is 0.0154. The Morgan fingerprint density at radius 2 is 1.69 bits per heavy atom. The molecule has 2 saturated heterocycles. The summed E-state index contributed by atoms with van der Waals surface area (Å²) in [5.74, 6) is 0.775. The molecule has 4 heterocycles. The van der Waals surface area contributed by atoms with Crippen molar-refractivity contribution in [2.24, 2.45) is 5.92 Å². The van der Waals surface area contributed by atoms with Gasteiger partial charge >= 0.3 is 5.69 Å². The maximum atomic E-state index is 13.2. The van der Waals surface area contributed by atoms with Crippen LogP contribution >= 0.6 is 11.3 Å². The molecule has 6 nitrogen and oxygen atoms in total. The summed E-state index contributed by atoms with van der Waals surface area (Å²) in [4.78, 5) is 34.6. The molecule has 4 aromatic rings. The number of aromatic nitrogens is 2. The van der Waals surface area contributed by atoms with E-state index in [0.29, 0.717) is 28.4 Å². The highest BCUT2D eigenvalue weighted by molar-refractivity contribution is 7.07. The van der Waals surface area contributed by atoms with Gasteiger partial charge in [0.2, 0.25) is 0 Å². The largest absolute Gasteiger partial charge is 0.338 e. The second kappa shape index (κ2) is 11.2. The molecule has 1 amide bonds. The summed E-state index contributed by atoms with van der Waals surface area (Å²) < 4.78 is 13.2. The lowest BCUT2D eigenvalue weighted by Gasteiger charge is -2.33. The smallest absolute Gasteiger partial charge is 0.323 e. The molecule has 2 aliphatic rings. The number of aromatic amines is 2. The number of piperidine rings is 1. The average Bonchev–Trinajstić information content (AvgIpc) is 3.67. The van der Waals surface area contributed by atoms with Crippen LogP contribution in [0.4, 0.5) is 4.39 Å². The van der Waals surface area contributed by atoms with E-state index in [1.54, 1.807) is 41.7 Å². The Bertz CT molecular complexity index is 1310. The fourth-order valence-electron chi connectivity index (χ4n) is 5.35. The Balaban J connectivity index is 0.000000477. The van der Waals surface area contributed by atoms with Gasteiger partial charge in [0.15, 0.2) is 0 Å². The van der Waals surface area contributed by atoms with E-state index in [4.69, 9.17) is 0 Å². The van der Waals surface area contributed by atoms with Crippen LogP contribution in [0.5, 0.6) is 0 Å². The van der Waals surface area contributed by atoms with Crippen LogP contribution in [0.15, 0.2) is 70.2 Å². The first-order valence-corrected chi connectivity index (χ1v) is 13.5. The number of halogens is 1. The van der Waals surface area contributed by atoms with Crippen LogP contribution < -0.4 is 5.69 Å². The van der Waals surface area contributed by atoms with E-state index in [-0.39, 0.29) is 17.4 Å². The van der Waals surface area contributed by atoms with Crippen molar-refractivity contribution in [3.8, 4) is 0 Å². The van der Waals surface area contributed by atoms with E-state index in [1.165, 1.54) is 5.56 Å². The molecule has 8 heteroatoms. The lowest BCUT2D eigenvalue weighted by atomic mass is 9.89. The molecule has 0 unspecified atom stereocenters. The van der Waals surface area contributed by atoms with Crippen LogP contribution in [0.1, 0.15) is 41.1 Å². The van der Waals surface area contributed by atoms with Crippen molar-refractivity contribution < 1.29 is 9.18 Å². The Labute approximate surface area is 213 Å². The Hall–Kier alpha value is -3.23. The lowest BCUT2D eigenvalue weighted by Crippen LogP contribution is -2.37. The van der Waals surface area contributed by atoms with Crippen molar-refractivity contribution in [2.75, 3.05) is 32.7 Å². The molecule has 0 saturated carbocycles. The van der Waals surface area contributed by atoms with Gasteiger partial charge in [-0.1, -0.05) is 30.3 Å². The molecule has 2 fully saturated rings. The Kier molecular flexibility index (Phi) is 7.63.